The van der Waals surface area contributed by atoms with E-state index in [4.69, 9.17) is 10.5 Å². The summed E-state index contributed by atoms with van der Waals surface area (Å²) in [6.45, 7) is -0.422. The molecule has 82 valence electrons. The average molecular weight is 205 g/mol. The van der Waals surface area contributed by atoms with Crippen molar-refractivity contribution in [1.29, 1.82) is 5.41 Å². The van der Waals surface area contributed by atoms with Gasteiger partial charge in [0, 0.05) is 7.05 Å². The van der Waals surface area contributed by atoms with Crippen molar-refractivity contribution in [2.24, 2.45) is 0 Å². The summed E-state index contributed by atoms with van der Waals surface area (Å²) in [5.41, 5.74) is 2.55. The number of hydrogen-bond donors (Lipinski definition) is 6. The molecule has 1 saturated heterocycles. The molecule has 14 heavy (non-hydrogen) atoms. The Bertz CT molecular complexity index is 225. The predicted octanol–water partition coefficient (Wildman–Crippen LogP) is -3.14. The fourth-order valence-electron chi connectivity index (χ4n) is 1.53. The summed E-state index contributed by atoms with van der Waals surface area (Å²) in [5.74, 6) is -0.274. The van der Waals surface area contributed by atoms with Gasteiger partial charge < -0.3 is 20.4 Å². The van der Waals surface area contributed by atoms with Crippen LogP contribution >= 0.6 is 0 Å². The second kappa shape index (κ2) is 4.20. The average Bonchev–Trinajstić information content (AvgIpc) is 2.20. The van der Waals surface area contributed by atoms with Gasteiger partial charge in [-0.25, -0.2) is 5.43 Å². The Hall–Kier alpha value is -0.730. The molecule has 6 N–H and O–H groups in total. The van der Waals surface area contributed by atoms with E-state index in [0.717, 1.165) is 5.01 Å². The SMILES string of the molecule is CNN1C(=N)[C@H](O)[C@@H](O)[C@H](O)[C@@H]1CO. The van der Waals surface area contributed by atoms with Gasteiger partial charge in [0.15, 0.2) is 0 Å². The quantitative estimate of drug-likeness (QED) is 0.283. The summed E-state index contributed by atoms with van der Waals surface area (Å²) >= 11 is 0. The fraction of sp³-hybridized carbons (Fsp3) is 0.857. The predicted molar refractivity (Wildman–Crippen MR) is 47.5 cm³/mol. The monoisotopic (exact) mass is 205 g/mol. The number of piperidine rings is 1. The summed E-state index contributed by atoms with van der Waals surface area (Å²) in [5, 5.41) is 45.7. The Balaban J connectivity index is 2.89. The molecule has 7 nitrogen and oxygen atoms in total. The van der Waals surface area contributed by atoms with Crippen molar-refractivity contribution in [3.8, 4) is 0 Å². The Morgan fingerprint density at radius 2 is 1.93 bits per heavy atom. The molecule has 0 spiro atoms. The summed E-state index contributed by atoms with van der Waals surface area (Å²) in [4.78, 5) is 0. The highest BCUT2D eigenvalue weighted by Crippen LogP contribution is 2.18. The first-order chi connectivity index (χ1) is 6.54. The van der Waals surface area contributed by atoms with Crippen LogP contribution in [0.3, 0.4) is 0 Å². The van der Waals surface area contributed by atoms with Gasteiger partial charge in [-0.2, -0.15) is 0 Å². The smallest absolute Gasteiger partial charge is 0.143 e. The molecule has 0 amide bonds. The largest absolute Gasteiger partial charge is 0.394 e. The summed E-state index contributed by atoms with van der Waals surface area (Å²) in [6, 6.07) is -0.828. The Morgan fingerprint density at radius 3 is 2.36 bits per heavy atom. The Kier molecular flexibility index (Phi) is 3.40. The van der Waals surface area contributed by atoms with Gasteiger partial charge in [-0.3, -0.25) is 10.4 Å². The van der Waals surface area contributed by atoms with E-state index in [0.29, 0.717) is 0 Å². The third-order valence-corrected chi connectivity index (χ3v) is 2.37. The van der Waals surface area contributed by atoms with Crippen LogP contribution < -0.4 is 5.43 Å². The first-order valence-corrected chi connectivity index (χ1v) is 4.24. The van der Waals surface area contributed by atoms with E-state index in [1.807, 2.05) is 0 Å². The van der Waals surface area contributed by atoms with Crippen LogP contribution in [0.15, 0.2) is 0 Å². The zero-order chi connectivity index (χ0) is 10.9. The summed E-state index contributed by atoms with van der Waals surface area (Å²) in [7, 11) is 1.49. The molecule has 4 atom stereocenters. The van der Waals surface area contributed by atoms with Crippen LogP contribution in [0.25, 0.3) is 0 Å². The molecule has 0 radical (unpaired) electrons. The number of nitrogens with zero attached hydrogens (tertiary/aromatic N) is 1. The standard InChI is InChI=1S/C7H15N3O4/c1-9-10-3(2-11)4(12)5(13)6(14)7(10)8/h3-6,8-9,11-14H,2H2,1H3/t3-,4+,5-,6+/m0/s1. The van der Waals surface area contributed by atoms with Gasteiger partial charge in [0.05, 0.1) is 12.6 Å². The molecule has 0 aromatic heterocycles. The zero-order valence-corrected chi connectivity index (χ0v) is 7.75. The van der Waals surface area contributed by atoms with E-state index >= 15 is 0 Å². The van der Waals surface area contributed by atoms with Crippen molar-refractivity contribution in [2.45, 2.75) is 24.4 Å². The number of hydrazine groups is 1. The molecular weight excluding hydrogens is 190 g/mol. The van der Waals surface area contributed by atoms with Gasteiger partial charge in [0.2, 0.25) is 0 Å². The maximum absolute atomic E-state index is 9.48. The minimum Gasteiger partial charge on any atom is -0.394 e. The van der Waals surface area contributed by atoms with E-state index in [9.17, 15) is 15.3 Å². The van der Waals surface area contributed by atoms with Gasteiger partial charge >= 0.3 is 0 Å². The van der Waals surface area contributed by atoms with E-state index in [-0.39, 0.29) is 5.84 Å². The van der Waals surface area contributed by atoms with E-state index in [2.05, 4.69) is 5.43 Å². The molecule has 0 unspecified atom stereocenters. The van der Waals surface area contributed by atoms with Crippen LogP contribution in [0.5, 0.6) is 0 Å². The molecule has 0 bridgehead atoms. The minimum atomic E-state index is -1.44. The van der Waals surface area contributed by atoms with E-state index < -0.39 is 31.0 Å². The maximum atomic E-state index is 9.48. The first kappa shape index (κ1) is 11.3. The van der Waals surface area contributed by atoms with Gasteiger partial charge in [0.25, 0.3) is 0 Å². The van der Waals surface area contributed by atoms with Crippen LogP contribution in [-0.4, -0.2) is 69.3 Å². The lowest BCUT2D eigenvalue weighted by Crippen LogP contribution is -2.67. The van der Waals surface area contributed by atoms with Gasteiger partial charge in [-0.05, 0) is 0 Å². The van der Waals surface area contributed by atoms with Crippen molar-refractivity contribution in [2.75, 3.05) is 13.7 Å². The molecule has 1 fully saturated rings. The topological polar surface area (TPSA) is 120 Å². The van der Waals surface area contributed by atoms with Gasteiger partial charge in [0.1, 0.15) is 24.1 Å². The third kappa shape index (κ3) is 1.60. The van der Waals surface area contributed by atoms with Crippen molar-refractivity contribution in [3.05, 3.63) is 0 Å². The highest BCUT2D eigenvalue weighted by atomic mass is 16.4. The Morgan fingerprint density at radius 1 is 1.36 bits per heavy atom. The zero-order valence-electron chi connectivity index (χ0n) is 7.75. The molecule has 0 aliphatic carbocycles. The number of aliphatic hydroxyl groups is 4. The van der Waals surface area contributed by atoms with Gasteiger partial charge in [-0.15, -0.1) is 0 Å². The maximum Gasteiger partial charge on any atom is 0.143 e. The number of rotatable bonds is 2. The second-order valence-corrected chi connectivity index (χ2v) is 3.15. The van der Waals surface area contributed by atoms with Gasteiger partial charge in [-0.1, -0.05) is 0 Å². The minimum absolute atomic E-state index is 0.274. The molecule has 0 aromatic rings. The molecular formula is C7H15N3O4. The molecule has 7 heteroatoms. The van der Waals surface area contributed by atoms with Crippen LogP contribution in [0, 0.1) is 5.41 Å². The summed E-state index contributed by atoms with van der Waals surface area (Å²) in [6.07, 6.45) is -4.18. The third-order valence-electron chi connectivity index (χ3n) is 2.37. The first-order valence-electron chi connectivity index (χ1n) is 4.24. The van der Waals surface area contributed by atoms with Crippen molar-refractivity contribution < 1.29 is 20.4 Å². The highest BCUT2D eigenvalue weighted by Gasteiger charge is 2.44. The van der Waals surface area contributed by atoms with Crippen molar-refractivity contribution >= 4 is 5.84 Å². The van der Waals surface area contributed by atoms with Crippen molar-refractivity contribution in [3.63, 3.8) is 0 Å². The fourth-order valence-corrected chi connectivity index (χ4v) is 1.53. The number of hydrogen-bond acceptors (Lipinski definition) is 6. The number of aliphatic hydroxyl groups excluding tert-OH is 4. The molecule has 1 rings (SSSR count). The van der Waals surface area contributed by atoms with Crippen LogP contribution in [0.1, 0.15) is 0 Å². The molecule has 1 heterocycles. The normalized spacial score (nSPS) is 38.9. The van der Waals surface area contributed by atoms with E-state index in [1.165, 1.54) is 7.05 Å². The molecule has 1 aliphatic rings. The lowest BCUT2D eigenvalue weighted by molar-refractivity contribution is -0.104. The van der Waals surface area contributed by atoms with Crippen molar-refractivity contribution in [1.82, 2.24) is 10.4 Å². The highest BCUT2D eigenvalue weighted by molar-refractivity contribution is 5.85. The molecule has 1 aliphatic heterocycles. The lowest BCUT2D eigenvalue weighted by atomic mass is 9.95. The second-order valence-electron chi connectivity index (χ2n) is 3.15. The summed E-state index contributed by atoms with van der Waals surface area (Å²) < 4.78 is 0. The molecule has 0 saturated carbocycles. The number of nitrogens with one attached hydrogen (secondary N) is 2. The van der Waals surface area contributed by atoms with Crippen LogP contribution in [0.4, 0.5) is 0 Å². The molecule has 0 aromatic carbocycles. The number of amidine groups is 1. The lowest BCUT2D eigenvalue weighted by Gasteiger charge is -2.43. The van der Waals surface area contributed by atoms with Crippen LogP contribution in [-0.2, 0) is 0 Å². The van der Waals surface area contributed by atoms with Crippen LogP contribution in [0.2, 0.25) is 0 Å². The Labute approximate surface area is 81.1 Å². The van der Waals surface area contributed by atoms with E-state index in [1.54, 1.807) is 0 Å².